The first kappa shape index (κ1) is 49.6. The number of rotatable bonds is 17. The average molecular weight is 773 g/mol. The summed E-state index contributed by atoms with van der Waals surface area (Å²) in [5.41, 5.74) is 3.31. The molecule has 0 aromatic rings. The Morgan fingerprint density at radius 1 is 0.519 bits per heavy atom. The van der Waals surface area contributed by atoms with E-state index in [1.807, 2.05) is 0 Å². The lowest BCUT2D eigenvalue weighted by atomic mass is 10.1. The molecule has 8 N–H and O–H groups in total. The number of nitrogens with zero attached hydrogens (tertiary/aromatic N) is 1. The van der Waals surface area contributed by atoms with Gasteiger partial charge in [-0.1, -0.05) is 0 Å². The maximum absolute atomic E-state index is 13.3. The number of carbonyl (C=O) groups is 6. The summed E-state index contributed by atoms with van der Waals surface area (Å²) in [4.78, 5) is 79.0. The van der Waals surface area contributed by atoms with E-state index in [2.05, 4.69) is 36.9 Å². The highest BCUT2D eigenvalue weighted by Gasteiger charge is 2.25. The minimum Gasteiger partial charge on any atom is -0.444 e. The van der Waals surface area contributed by atoms with Crippen LogP contribution in [0.4, 0.5) is 19.2 Å². The van der Waals surface area contributed by atoms with Gasteiger partial charge in [0.25, 0.3) is 0 Å². The molecule has 54 heavy (non-hydrogen) atoms. The van der Waals surface area contributed by atoms with Gasteiger partial charge < -0.3 is 45.9 Å². The zero-order valence-corrected chi connectivity index (χ0v) is 34.5. The molecule has 0 aromatic heterocycles. The Bertz CT molecular complexity index is 1220. The molecule has 312 valence electrons. The lowest BCUT2D eigenvalue weighted by molar-refractivity contribution is -0.129. The second-order valence-corrected chi connectivity index (χ2v) is 16.6. The fraction of sp³-hybridized carbons (Fsp3) is 0.806. The van der Waals surface area contributed by atoms with Crippen molar-refractivity contribution < 1.29 is 47.7 Å². The number of carbonyl (C=O) groups excluding carboxylic acids is 6. The highest BCUT2D eigenvalue weighted by atomic mass is 16.6. The van der Waals surface area contributed by atoms with Crippen LogP contribution in [0.1, 0.15) is 128 Å². The molecule has 0 bridgehead atoms. The van der Waals surface area contributed by atoms with Crippen LogP contribution in [-0.2, 0) is 28.5 Å². The molecule has 0 rings (SSSR count). The van der Waals surface area contributed by atoms with Crippen molar-refractivity contribution in [3.05, 3.63) is 0 Å². The van der Waals surface area contributed by atoms with Crippen molar-refractivity contribution in [1.82, 2.24) is 31.9 Å². The van der Waals surface area contributed by atoms with Gasteiger partial charge in [0.2, 0.25) is 17.8 Å². The number of alkyl carbamates (subject to hydrolysis) is 4. The molecule has 0 aliphatic heterocycles. The zero-order valence-electron chi connectivity index (χ0n) is 34.5. The maximum atomic E-state index is 13.3. The summed E-state index contributed by atoms with van der Waals surface area (Å²) in [7, 11) is 0. The predicted molar refractivity (Wildman–Crippen MR) is 205 cm³/mol. The molecule has 18 nitrogen and oxygen atoms in total. The van der Waals surface area contributed by atoms with E-state index < -0.39 is 70.7 Å². The smallest absolute Gasteiger partial charge is 0.414 e. The third-order valence-electron chi connectivity index (χ3n) is 6.31. The van der Waals surface area contributed by atoms with Crippen LogP contribution >= 0.6 is 0 Å². The average Bonchev–Trinajstić information content (AvgIpc) is 2.95. The molecule has 2 atom stereocenters. The third kappa shape index (κ3) is 29.1. The molecule has 0 unspecified atom stereocenters. The van der Waals surface area contributed by atoms with Crippen molar-refractivity contribution in [2.75, 3.05) is 26.2 Å². The summed E-state index contributed by atoms with van der Waals surface area (Å²) in [5.74, 6) is -1.14. The van der Waals surface area contributed by atoms with E-state index in [0.29, 0.717) is 51.6 Å². The number of guanidine groups is 1. The first-order valence-electron chi connectivity index (χ1n) is 18.5. The Labute approximate surface area is 320 Å². The number of amides is 6. The highest BCUT2D eigenvalue weighted by molar-refractivity contribution is 6.01. The maximum Gasteiger partial charge on any atom is 0.414 e. The molecular weight excluding hydrogens is 704 g/mol. The number of hydrogen-bond acceptors (Lipinski definition) is 12. The minimum absolute atomic E-state index is 0.0855. The predicted octanol–water partition coefficient (Wildman–Crippen LogP) is 4.10. The molecule has 0 fully saturated rings. The van der Waals surface area contributed by atoms with Crippen LogP contribution in [0.15, 0.2) is 4.99 Å². The summed E-state index contributed by atoms with van der Waals surface area (Å²) in [6.45, 7) is 21.6. The zero-order chi connectivity index (χ0) is 41.8. The number of hydrogen-bond donors (Lipinski definition) is 7. The van der Waals surface area contributed by atoms with Crippen LogP contribution in [0, 0.1) is 0 Å². The van der Waals surface area contributed by atoms with E-state index in [-0.39, 0.29) is 25.5 Å². The molecule has 0 radical (unpaired) electrons. The number of unbranched alkanes of at least 4 members (excludes halogenated alkanes) is 2. The van der Waals surface area contributed by atoms with Crippen LogP contribution in [0.3, 0.4) is 0 Å². The van der Waals surface area contributed by atoms with Crippen molar-refractivity contribution in [3.63, 3.8) is 0 Å². The van der Waals surface area contributed by atoms with E-state index >= 15 is 0 Å². The molecule has 18 heteroatoms. The molecule has 0 spiro atoms. The molecular formula is C36H68N8O10. The van der Waals surface area contributed by atoms with Gasteiger partial charge in [0.15, 0.2) is 0 Å². The van der Waals surface area contributed by atoms with Gasteiger partial charge in [-0.05, 0) is 128 Å². The SMILES string of the molecule is CC(C)(C)OC(=O)NCCCC[C@H](NC(=O)[C@@H](N)CCCCNC(=O)OC(C)(C)C)C(=O)NCCCN=C(NC(=O)OC(C)(C)C)NC(=O)OC(C)(C)C. The standard InChI is InChI=1S/C36H68N8O10/c1-33(2,3)51-29(47)40-20-15-13-18-24(37)26(45)42-25(19-14-16-21-41-30(48)52-34(4,5)6)27(46)38-22-17-23-39-28(43-31(49)53-35(7,8)9)44-32(50)54-36(10,11)12/h24-25H,13-23,37H2,1-12H3,(H,38,46)(H,40,47)(H,41,48)(H,42,45)(H2,39,43,44,49,50)/t24-,25-/m0/s1. The Hall–Kier alpha value is -4.35. The molecule has 0 saturated carbocycles. The van der Waals surface area contributed by atoms with E-state index in [9.17, 15) is 28.8 Å². The van der Waals surface area contributed by atoms with Crippen LogP contribution < -0.4 is 37.6 Å². The fourth-order valence-corrected chi connectivity index (χ4v) is 4.17. The van der Waals surface area contributed by atoms with Crippen molar-refractivity contribution >= 4 is 42.1 Å². The number of nitrogens with two attached hydrogens (primary N) is 1. The first-order chi connectivity index (χ1) is 24.7. The van der Waals surface area contributed by atoms with Crippen molar-refractivity contribution in [2.24, 2.45) is 10.7 Å². The van der Waals surface area contributed by atoms with Gasteiger partial charge >= 0.3 is 24.4 Å². The van der Waals surface area contributed by atoms with Crippen molar-refractivity contribution in [3.8, 4) is 0 Å². The first-order valence-corrected chi connectivity index (χ1v) is 18.5. The lowest BCUT2D eigenvalue weighted by Gasteiger charge is -2.22. The summed E-state index contributed by atoms with van der Waals surface area (Å²) in [6, 6.07) is -1.81. The van der Waals surface area contributed by atoms with Gasteiger partial charge in [0.1, 0.15) is 28.4 Å². The Morgan fingerprint density at radius 3 is 1.33 bits per heavy atom. The van der Waals surface area contributed by atoms with Gasteiger partial charge in [-0.25, -0.2) is 19.2 Å². The van der Waals surface area contributed by atoms with Gasteiger partial charge in [0, 0.05) is 26.2 Å². The second kappa shape index (κ2) is 23.4. The number of ether oxygens (including phenoxy) is 4. The van der Waals surface area contributed by atoms with Crippen LogP contribution in [0.2, 0.25) is 0 Å². The van der Waals surface area contributed by atoms with Crippen molar-refractivity contribution in [1.29, 1.82) is 0 Å². The molecule has 0 aliphatic rings. The van der Waals surface area contributed by atoms with E-state index in [0.717, 1.165) is 0 Å². The molecule has 0 saturated heterocycles. The van der Waals surface area contributed by atoms with Gasteiger partial charge in [0.05, 0.1) is 6.04 Å². The summed E-state index contributed by atoms with van der Waals surface area (Å²) in [6.07, 6.45) is 0.272. The van der Waals surface area contributed by atoms with E-state index in [1.165, 1.54) is 0 Å². The molecule has 6 amide bonds. The molecule has 0 aromatic carbocycles. The van der Waals surface area contributed by atoms with Crippen LogP contribution in [0.5, 0.6) is 0 Å². The minimum atomic E-state index is -0.916. The van der Waals surface area contributed by atoms with E-state index in [4.69, 9.17) is 24.7 Å². The Morgan fingerprint density at radius 2 is 0.907 bits per heavy atom. The summed E-state index contributed by atoms with van der Waals surface area (Å²) >= 11 is 0. The third-order valence-corrected chi connectivity index (χ3v) is 6.31. The van der Waals surface area contributed by atoms with Crippen LogP contribution in [0.25, 0.3) is 0 Å². The molecule has 0 heterocycles. The van der Waals surface area contributed by atoms with Crippen molar-refractivity contribution in [2.45, 2.75) is 163 Å². The largest absolute Gasteiger partial charge is 0.444 e. The Kier molecular flexibility index (Phi) is 21.6. The quantitative estimate of drug-likeness (QED) is 0.0480. The van der Waals surface area contributed by atoms with Gasteiger partial charge in [-0.3, -0.25) is 25.2 Å². The van der Waals surface area contributed by atoms with Gasteiger partial charge in [-0.15, -0.1) is 0 Å². The normalized spacial score (nSPS) is 12.9. The molecule has 0 aliphatic carbocycles. The van der Waals surface area contributed by atoms with Gasteiger partial charge in [-0.2, -0.15) is 0 Å². The number of nitrogens with one attached hydrogen (secondary N) is 6. The monoisotopic (exact) mass is 773 g/mol. The van der Waals surface area contributed by atoms with Crippen LogP contribution in [-0.4, -0.2) is 103 Å². The topological polar surface area (TPSA) is 250 Å². The number of aliphatic imine (C=N–C) groups is 1. The summed E-state index contributed by atoms with van der Waals surface area (Å²) in [5, 5.41) is 15.7. The summed E-state index contributed by atoms with van der Waals surface area (Å²) < 4.78 is 20.9. The second-order valence-electron chi connectivity index (χ2n) is 16.6. The Balaban J connectivity index is 5.33. The van der Waals surface area contributed by atoms with E-state index in [1.54, 1.807) is 83.1 Å². The highest BCUT2D eigenvalue weighted by Crippen LogP contribution is 2.10. The lowest BCUT2D eigenvalue weighted by Crippen LogP contribution is -2.51. The fourth-order valence-electron chi connectivity index (χ4n) is 4.17.